The van der Waals surface area contributed by atoms with E-state index in [2.05, 4.69) is 31.0 Å². The lowest BCUT2D eigenvalue weighted by Crippen LogP contribution is -2.09. The topological polar surface area (TPSA) is 63.6 Å². The van der Waals surface area contributed by atoms with Crippen molar-refractivity contribution in [3.63, 3.8) is 0 Å². The van der Waals surface area contributed by atoms with Gasteiger partial charge in [-0.05, 0) is 29.8 Å². The number of nitrogens with one attached hydrogen (secondary N) is 1. The predicted molar refractivity (Wildman–Crippen MR) is 64.2 cm³/mol. The van der Waals surface area contributed by atoms with Crippen LogP contribution < -0.4 is 5.56 Å². The lowest BCUT2D eigenvalue weighted by atomic mass is 10.2. The van der Waals surface area contributed by atoms with Crippen molar-refractivity contribution in [1.82, 2.24) is 19.7 Å². The fraction of sp³-hybridized carbons (Fsp3) is 0.300. The number of aromatic amines is 1. The lowest BCUT2D eigenvalue weighted by Gasteiger charge is -2.01. The Labute approximate surface area is 101 Å². The van der Waals surface area contributed by atoms with Gasteiger partial charge in [-0.3, -0.25) is 9.48 Å². The van der Waals surface area contributed by atoms with Crippen molar-refractivity contribution in [2.24, 2.45) is 7.05 Å². The molecule has 2 heterocycles. The van der Waals surface area contributed by atoms with Gasteiger partial charge in [-0.2, -0.15) is 5.10 Å². The molecule has 0 aliphatic rings. The van der Waals surface area contributed by atoms with Crippen LogP contribution in [-0.4, -0.2) is 19.7 Å². The van der Waals surface area contributed by atoms with Gasteiger partial charge in [0.25, 0.3) is 5.56 Å². The number of halogens is 1. The fourth-order valence-electron chi connectivity index (χ4n) is 1.62. The van der Waals surface area contributed by atoms with Crippen LogP contribution in [0, 0.1) is 13.8 Å². The molecule has 0 saturated heterocycles. The minimum atomic E-state index is -0.187. The minimum Gasteiger partial charge on any atom is -0.305 e. The van der Waals surface area contributed by atoms with E-state index in [9.17, 15) is 4.79 Å². The van der Waals surface area contributed by atoms with Crippen molar-refractivity contribution < 1.29 is 0 Å². The van der Waals surface area contributed by atoms with Crippen molar-refractivity contribution in [2.75, 3.05) is 0 Å². The van der Waals surface area contributed by atoms with Gasteiger partial charge < -0.3 is 4.98 Å². The third-order valence-corrected chi connectivity index (χ3v) is 3.07. The smallest absolute Gasteiger partial charge is 0.265 e. The molecule has 0 radical (unpaired) electrons. The predicted octanol–water partition coefficient (Wildman–Crippen LogP) is 1.55. The summed E-state index contributed by atoms with van der Waals surface area (Å²) >= 11 is 3.12. The Kier molecular flexibility index (Phi) is 2.67. The third-order valence-electron chi connectivity index (χ3n) is 2.50. The molecule has 16 heavy (non-hydrogen) atoms. The second kappa shape index (κ2) is 3.86. The number of aromatic nitrogens is 4. The first-order valence-corrected chi connectivity index (χ1v) is 5.55. The Hall–Kier alpha value is -1.43. The van der Waals surface area contributed by atoms with Crippen LogP contribution in [-0.2, 0) is 7.05 Å². The molecular weight excluding hydrogens is 272 g/mol. The molecule has 0 aliphatic carbocycles. The van der Waals surface area contributed by atoms with Gasteiger partial charge in [-0.1, -0.05) is 0 Å². The summed E-state index contributed by atoms with van der Waals surface area (Å²) in [4.78, 5) is 18.4. The Balaban J connectivity index is 2.67. The van der Waals surface area contributed by atoms with Crippen molar-refractivity contribution >= 4 is 15.9 Å². The number of rotatable bonds is 1. The Morgan fingerprint density at radius 1 is 1.44 bits per heavy atom. The van der Waals surface area contributed by atoms with E-state index in [0.29, 0.717) is 10.3 Å². The van der Waals surface area contributed by atoms with E-state index in [1.54, 1.807) is 4.68 Å². The molecule has 5 nitrogen and oxygen atoms in total. The molecular formula is C10H11BrN4O. The quantitative estimate of drug-likeness (QED) is 0.863. The van der Waals surface area contributed by atoms with Crippen LogP contribution in [0.5, 0.6) is 0 Å². The highest BCUT2D eigenvalue weighted by atomic mass is 79.9. The van der Waals surface area contributed by atoms with Gasteiger partial charge in [0.05, 0.1) is 11.3 Å². The molecule has 0 saturated carbocycles. The van der Waals surface area contributed by atoms with Gasteiger partial charge >= 0.3 is 0 Å². The highest BCUT2D eigenvalue weighted by molar-refractivity contribution is 9.10. The van der Waals surface area contributed by atoms with Crippen molar-refractivity contribution in [1.29, 1.82) is 0 Å². The molecule has 0 amide bonds. The highest BCUT2D eigenvalue weighted by Crippen LogP contribution is 2.22. The van der Waals surface area contributed by atoms with Gasteiger partial charge in [-0.15, -0.1) is 0 Å². The number of hydrogen-bond acceptors (Lipinski definition) is 3. The normalized spacial score (nSPS) is 10.8. The van der Waals surface area contributed by atoms with E-state index in [1.807, 2.05) is 20.9 Å². The molecule has 0 bridgehead atoms. The molecule has 2 rings (SSSR count). The van der Waals surface area contributed by atoms with Crippen molar-refractivity contribution in [3.8, 4) is 11.4 Å². The molecule has 0 atom stereocenters. The van der Waals surface area contributed by atoms with Gasteiger partial charge in [0.2, 0.25) is 0 Å². The maximum absolute atomic E-state index is 11.5. The molecule has 0 aliphatic heterocycles. The Bertz CT molecular complexity index is 599. The van der Waals surface area contributed by atoms with E-state index >= 15 is 0 Å². The van der Waals surface area contributed by atoms with Crippen LogP contribution in [0.1, 0.15) is 11.4 Å². The molecule has 0 spiro atoms. The zero-order valence-corrected chi connectivity index (χ0v) is 10.8. The average molecular weight is 283 g/mol. The molecule has 0 aromatic carbocycles. The van der Waals surface area contributed by atoms with Gasteiger partial charge in [-0.25, -0.2) is 4.98 Å². The van der Waals surface area contributed by atoms with E-state index in [1.165, 1.54) is 6.20 Å². The molecule has 1 N–H and O–H groups in total. The Morgan fingerprint density at radius 3 is 2.62 bits per heavy atom. The van der Waals surface area contributed by atoms with Crippen molar-refractivity contribution in [3.05, 3.63) is 32.4 Å². The van der Waals surface area contributed by atoms with Crippen LogP contribution >= 0.6 is 15.9 Å². The fourth-order valence-corrected chi connectivity index (χ4v) is 1.82. The third kappa shape index (κ3) is 1.69. The first-order valence-electron chi connectivity index (χ1n) is 4.76. The van der Waals surface area contributed by atoms with Gasteiger partial charge in [0.15, 0.2) is 0 Å². The van der Waals surface area contributed by atoms with Gasteiger partial charge in [0, 0.05) is 18.9 Å². The zero-order chi connectivity index (χ0) is 11.9. The average Bonchev–Trinajstić information content (AvgIpc) is 2.47. The van der Waals surface area contributed by atoms with E-state index in [4.69, 9.17) is 0 Å². The van der Waals surface area contributed by atoms with Crippen molar-refractivity contribution in [2.45, 2.75) is 13.8 Å². The monoisotopic (exact) mass is 282 g/mol. The molecule has 2 aromatic heterocycles. The molecule has 84 valence electrons. The SMILES string of the molecule is Cc1nn(C)c(C)c1-c1ncc(Br)c(=O)[nH]1. The summed E-state index contributed by atoms with van der Waals surface area (Å²) in [5.74, 6) is 0.552. The van der Waals surface area contributed by atoms with Crippen LogP contribution in [0.3, 0.4) is 0 Å². The maximum Gasteiger partial charge on any atom is 0.265 e. The molecule has 0 fully saturated rings. The van der Waals surface area contributed by atoms with E-state index in [-0.39, 0.29) is 5.56 Å². The van der Waals surface area contributed by atoms with Crippen LogP contribution in [0.15, 0.2) is 15.5 Å². The summed E-state index contributed by atoms with van der Waals surface area (Å²) in [7, 11) is 1.86. The second-order valence-electron chi connectivity index (χ2n) is 3.58. The van der Waals surface area contributed by atoms with E-state index in [0.717, 1.165) is 17.0 Å². The van der Waals surface area contributed by atoms with Gasteiger partial charge in [0.1, 0.15) is 10.3 Å². The lowest BCUT2D eigenvalue weighted by molar-refractivity contribution is 0.731. The number of aryl methyl sites for hydroxylation is 2. The number of hydrogen-bond donors (Lipinski definition) is 1. The Morgan fingerprint density at radius 2 is 2.12 bits per heavy atom. The summed E-state index contributed by atoms with van der Waals surface area (Å²) in [6.45, 7) is 3.84. The minimum absolute atomic E-state index is 0.187. The summed E-state index contributed by atoms with van der Waals surface area (Å²) in [5, 5.41) is 4.28. The first-order chi connectivity index (χ1) is 7.50. The first kappa shape index (κ1) is 11.1. The largest absolute Gasteiger partial charge is 0.305 e. The summed E-state index contributed by atoms with van der Waals surface area (Å²) in [5.41, 5.74) is 2.52. The standard InChI is InChI=1S/C10H11BrN4O/c1-5-8(6(2)15(3)14-5)9-12-4-7(11)10(16)13-9/h4H,1-3H3,(H,12,13,16). The van der Waals surface area contributed by atoms with E-state index < -0.39 is 0 Å². The van der Waals surface area contributed by atoms with Crippen LogP contribution in [0.4, 0.5) is 0 Å². The second-order valence-corrected chi connectivity index (χ2v) is 4.43. The summed E-state index contributed by atoms with van der Waals surface area (Å²) in [6.07, 6.45) is 1.50. The van der Waals surface area contributed by atoms with Crippen LogP contribution in [0.2, 0.25) is 0 Å². The summed E-state index contributed by atoms with van der Waals surface area (Å²) < 4.78 is 2.20. The zero-order valence-electron chi connectivity index (χ0n) is 9.21. The van der Waals surface area contributed by atoms with Crippen LogP contribution in [0.25, 0.3) is 11.4 Å². The number of H-pyrrole nitrogens is 1. The maximum atomic E-state index is 11.5. The molecule has 6 heteroatoms. The number of nitrogens with zero attached hydrogens (tertiary/aromatic N) is 3. The molecule has 2 aromatic rings. The molecule has 0 unspecified atom stereocenters. The summed E-state index contributed by atoms with van der Waals surface area (Å²) in [6, 6.07) is 0. The highest BCUT2D eigenvalue weighted by Gasteiger charge is 2.13.